The van der Waals surface area contributed by atoms with E-state index in [0.717, 1.165) is 6.54 Å². The zero-order valence-corrected chi connectivity index (χ0v) is 23.1. The van der Waals surface area contributed by atoms with Crippen molar-refractivity contribution in [1.82, 2.24) is 0 Å². The van der Waals surface area contributed by atoms with Gasteiger partial charge in [-0.15, -0.1) is 0 Å². The molecule has 4 heteroatoms. The van der Waals surface area contributed by atoms with E-state index in [1.54, 1.807) is 0 Å². The molecule has 2 aliphatic rings. The van der Waals surface area contributed by atoms with Crippen LogP contribution in [0.25, 0.3) is 0 Å². The molecule has 4 aromatic carbocycles. The average molecular weight is 499 g/mol. The topological polar surface area (TPSA) is 6.48 Å². The summed E-state index contributed by atoms with van der Waals surface area (Å²) < 4.78 is 0. The van der Waals surface area contributed by atoms with E-state index >= 15 is 0 Å². The van der Waals surface area contributed by atoms with Gasteiger partial charge in [-0.25, -0.2) is 0 Å². The highest BCUT2D eigenvalue weighted by Gasteiger charge is 2.36. The number of rotatable bonds is 2. The summed E-state index contributed by atoms with van der Waals surface area (Å²) in [6, 6.07) is 32.2. The van der Waals surface area contributed by atoms with E-state index in [-0.39, 0.29) is 0 Å². The van der Waals surface area contributed by atoms with E-state index < -0.39 is 20.1 Å². The molecule has 0 fully saturated rings. The molecular formula is C31H34N2S2. The lowest BCUT2D eigenvalue weighted by atomic mass is 10.1. The highest BCUT2D eigenvalue weighted by atomic mass is 32.3. The number of hydrogen-bond donors (Lipinski definition) is 0. The zero-order valence-electron chi connectivity index (χ0n) is 21.5. The molecule has 4 aromatic rings. The first-order chi connectivity index (χ1) is 16.7. The minimum Gasteiger partial charge on any atom is -0.340 e. The van der Waals surface area contributed by atoms with Gasteiger partial charge in [0.1, 0.15) is 0 Å². The Morgan fingerprint density at radius 2 is 1.09 bits per heavy atom. The number of anilines is 5. The molecule has 0 amide bonds. The average Bonchev–Trinajstić information content (AvgIpc) is 2.85. The molecule has 35 heavy (non-hydrogen) atoms. The summed E-state index contributed by atoms with van der Waals surface area (Å²) in [6.45, 7) is 5.44. The third-order valence-corrected chi connectivity index (χ3v) is 13.4. The monoisotopic (exact) mass is 498 g/mol. The van der Waals surface area contributed by atoms with Crippen molar-refractivity contribution in [3.8, 4) is 0 Å². The van der Waals surface area contributed by atoms with Gasteiger partial charge in [0.25, 0.3) is 0 Å². The van der Waals surface area contributed by atoms with Crippen molar-refractivity contribution in [1.29, 1.82) is 0 Å². The molecule has 2 nitrogen and oxygen atoms in total. The molecule has 0 radical (unpaired) electrons. The molecular weight excluding hydrogens is 464 g/mol. The van der Waals surface area contributed by atoms with Gasteiger partial charge < -0.3 is 9.80 Å². The first kappa shape index (κ1) is 22.6. The second-order valence-corrected chi connectivity index (χ2v) is 17.4. The van der Waals surface area contributed by atoms with Crippen molar-refractivity contribution in [3.63, 3.8) is 0 Å². The van der Waals surface area contributed by atoms with Gasteiger partial charge in [-0.1, -0.05) is 30.3 Å². The van der Waals surface area contributed by atoms with Crippen molar-refractivity contribution in [2.75, 3.05) is 41.4 Å². The molecule has 0 saturated carbocycles. The predicted octanol–water partition coefficient (Wildman–Crippen LogP) is 9.21. The Kier molecular flexibility index (Phi) is 5.07. The maximum Gasteiger partial charge on any atom is 0.0586 e. The van der Waals surface area contributed by atoms with Crippen LogP contribution in [0.15, 0.2) is 105 Å². The lowest BCUT2D eigenvalue weighted by Crippen LogP contribution is -2.25. The van der Waals surface area contributed by atoms with E-state index in [9.17, 15) is 0 Å². The van der Waals surface area contributed by atoms with Crippen molar-refractivity contribution < 1.29 is 0 Å². The lowest BCUT2D eigenvalue weighted by molar-refractivity contribution is 0.970. The van der Waals surface area contributed by atoms with E-state index in [2.05, 4.69) is 134 Å². The summed E-state index contributed by atoms with van der Waals surface area (Å²) in [7, 11) is -2.25. The zero-order chi connectivity index (χ0) is 24.5. The lowest BCUT2D eigenvalue weighted by Gasteiger charge is -2.47. The number of nitrogens with zero attached hydrogens (tertiary/aromatic N) is 2. The Morgan fingerprint density at radius 1 is 0.571 bits per heavy atom. The minimum atomic E-state index is -1.17. The van der Waals surface area contributed by atoms with E-state index in [0.29, 0.717) is 0 Å². The maximum atomic E-state index is 2.50. The van der Waals surface area contributed by atoms with E-state index in [4.69, 9.17) is 0 Å². The van der Waals surface area contributed by atoms with E-state index in [1.807, 2.05) is 0 Å². The van der Waals surface area contributed by atoms with Gasteiger partial charge in [0.05, 0.1) is 22.7 Å². The number of fused-ring (bicyclic) bond motifs is 4. The number of benzene rings is 4. The fourth-order valence-electron chi connectivity index (χ4n) is 5.79. The molecule has 0 aliphatic carbocycles. The van der Waals surface area contributed by atoms with Crippen LogP contribution in [0.4, 0.5) is 28.4 Å². The number of hydrogen-bond acceptors (Lipinski definition) is 2. The Balaban J connectivity index is 1.59. The van der Waals surface area contributed by atoms with Gasteiger partial charge in [0, 0.05) is 31.8 Å². The quantitative estimate of drug-likeness (QED) is 0.272. The molecule has 6 rings (SSSR count). The Morgan fingerprint density at radius 3 is 1.69 bits per heavy atom. The second-order valence-electron chi connectivity index (χ2n) is 10.3. The summed E-state index contributed by atoms with van der Waals surface area (Å²) in [5, 5.41) is 0. The second kappa shape index (κ2) is 7.84. The van der Waals surface area contributed by atoms with Crippen molar-refractivity contribution in [2.24, 2.45) is 0 Å². The smallest absolute Gasteiger partial charge is 0.0586 e. The maximum absolute atomic E-state index is 2.50. The Hall–Kier alpha value is -2.82. The van der Waals surface area contributed by atoms with Gasteiger partial charge >= 0.3 is 0 Å². The normalized spacial score (nSPS) is 18.6. The van der Waals surface area contributed by atoms with Crippen LogP contribution in [-0.2, 0) is 0 Å². The molecule has 0 unspecified atom stereocenters. The van der Waals surface area contributed by atoms with Gasteiger partial charge in [-0.2, -0.15) is 20.1 Å². The molecule has 2 heterocycles. The molecule has 0 bridgehead atoms. The number of para-hydroxylation sites is 2. The molecule has 0 N–H and O–H groups in total. The summed E-state index contributed by atoms with van der Waals surface area (Å²) >= 11 is 0. The van der Waals surface area contributed by atoms with Crippen molar-refractivity contribution >= 4 is 48.5 Å². The standard InChI is InChI=1S/C31H34N2S2/c1-7-32-24-18-16-22(2)20-30(24)35(5,6)31-21-23(17-19-25(31)32)33-26-12-8-10-14-28(26)34(3,4)29-15-11-9-13-27(29)33/h8-21H,7H2,1-6H3. The molecule has 2 aliphatic heterocycles. The summed E-state index contributed by atoms with van der Waals surface area (Å²) in [5.41, 5.74) is 7.96. The van der Waals surface area contributed by atoms with Gasteiger partial charge in [0.2, 0.25) is 0 Å². The molecule has 0 aromatic heterocycles. The third kappa shape index (κ3) is 3.19. The van der Waals surface area contributed by atoms with Crippen LogP contribution >= 0.6 is 20.1 Å². The minimum absolute atomic E-state index is 0.963. The van der Waals surface area contributed by atoms with Crippen LogP contribution in [0.3, 0.4) is 0 Å². The number of aryl methyl sites for hydroxylation is 1. The largest absolute Gasteiger partial charge is 0.340 e. The fourth-order valence-corrected chi connectivity index (χ4v) is 10.8. The van der Waals surface area contributed by atoms with Crippen molar-refractivity contribution in [2.45, 2.75) is 33.4 Å². The van der Waals surface area contributed by atoms with Gasteiger partial charge in [-0.05, 0) is 99.0 Å². The predicted molar refractivity (Wildman–Crippen MR) is 157 cm³/mol. The van der Waals surface area contributed by atoms with Crippen LogP contribution in [0.2, 0.25) is 0 Å². The van der Waals surface area contributed by atoms with Crippen molar-refractivity contribution in [3.05, 3.63) is 90.5 Å². The molecule has 0 atom stereocenters. The summed E-state index contributed by atoms with van der Waals surface area (Å²) in [5.74, 6) is 0. The van der Waals surface area contributed by atoms with Crippen LogP contribution in [0.5, 0.6) is 0 Å². The van der Waals surface area contributed by atoms with Crippen LogP contribution in [0, 0.1) is 6.92 Å². The van der Waals surface area contributed by atoms with Gasteiger partial charge in [-0.3, -0.25) is 0 Å². The Labute approximate surface area is 213 Å². The molecule has 0 spiro atoms. The van der Waals surface area contributed by atoms with Crippen LogP contribution < -0.4 is 9.80 Å². The summed E-state index contributed by atoms with van der Waals surface area (Å²) in [4.78, 5) is 10.9. The van der Waals surface area contributed by atoms with Crippen LogP contribution in [0.1, 0.15) is 12.5 Å². The first-order valence-electron chi connectivity index (χ1n) is 12.2. The fraction of sp³-hybridized carbons (Fsp3) is 0.226. The summed E-state index contributed by atoms with van der Waals surface area (Å²) in [6.07, 6.45) is 9.79. The highest BCUT2D eigenvalue weighted by molar-refractivity contribution is 8.33. The first-order valence-corrected chi connectivity index (χ1v) is 17.1. The van der Waals surface area contributed by atoms with Crippen LogP contribution in [-0.4, -0.2) is 31.6 Å². The molecule has 180 valence electrons. The molecule has 0 saturated heterocycles. The Bertz CT molecular complexity index is 1420. The van der Waals surface area contributed by atoms with E-state index in [1.165, 1.54) is 53.6 Å². The highest BCUT2D eigenvalue weighted by Crippen LogP contribution is 2.69. The third-order valence-electron chi connectivity index (χ3n) is 7.63. The SMILES string of the molecule is CCN1c2ccc(C)cc2S(C)(C)c2cc(N3c4ccccc4S(C)(C)c4ccccc43)ccc21. The van der Waals surface area contributed by atoms with Gasteiger partial charge in [0.15, 0.2) is 0 Å².